The number of nitrogens with zero attached hydrogens (tertiary/aromatic N) is 1. The second-order valence-electron chi connectivity index (χ2n) is 4.74. The molecule has 0 aliphatic rings. The zero-order valence-corrected chi connectivity index (χ0v) is 13.4. The zero-order valence-electron chi connectivity index (χ0n) is 11.8. The van der Waals surface area contributed by atoms with Crippen LogP contribution in [-0.2, 0) is 9.59 Å². The summed E-state index contributed by atoms with van der Waals surface area (Å²) in [4.78, 5) is 25.3. The number of halogens is 1. The molecule has 0 atom stereocenters. The Morgan fingerprint density at radius 1 is 1.25 bits per heavy atom. The van der Waals surface area contributed by atoms with E-state index in [1.807, 2.05) is 31.1 Å². The molecule has 0 bridgehead atoms. The predicted octanol–water partition coefficient (Wildman–Crippen LogP) is 1.85. The lowest BCUT2D eigenvalue weighted by Gasteiger charge is -2.10. The molecule has 0 spiro atoms. The fourth-order valence-corrected chi connectivity index (χ4v) is 2.00. The maximum atomic E-state index is 11.7. The number of nitrogens with one attached hydrogen (secondary N) is 2. The van der Waals surface area contributed by atoms with E-state index in [0.717, 1.165) is 17.4 Å². The fourth-order valence-electron chi connectivity index (χ4n) is 1.60. The van der Waals surface area contributed by atoms with Gasteiger partial charge in [-0.05, 0) is 45.3 Å². The third-order valence-corrected chi connectivity index (χ3v) is 3.03. The third-order valence-electron chi connectivity index (χ3n) is 2.53. The topological polar surface area (TPSA) is 61.4 Å². The molecular weight excluding hydrogens is 322 g/mol. The zero-order chi connectivity index (χ0) is 15.0. The average molecular weight is 342 g/mol. The Morgan fingerprint density at radius 2 is 2.00 bits per heavy atom. The van der Waals surface area contributed by atoms with Gasteiger partial charge >= 0.3 is 0 Å². The molecule has 5 nitrogen and oxygen atoms in total. The Hall–Kier alpha value is -1.40. The molecule has 20 heavy (non-hydrogen) atoms. The van der Waals surface area contributed by atoms with Crippen molar-refractivity contribution in [2.45, 2.75) is 12.8 Å². The van der Waals surface area contributed by atoms with Crippen molar-refractivity contribution in [3.8, 4) is 0 Å². The first-order valence-corrected chi connectivity index (χ1v) is 7.23. The number of carbonyl (C=O) groups is 2. The molecule has 2 N–H and O–H groups in total. The summed E-state index contributed by atoms with van der Waals surface area (Å²) in [6.45, 7) is 1.49. The monoisotopic (exact) mass is 341 g/mol. The SMILES string of the molecule is CN(C)CCCNC(=O)CC(=O)Nc1cccc(Br)c1. The number of anilines is 1. The molecule has 0 aromatic heterocycles. The lowest BCUT2D eigenvalue weighted by atomic mass is 10.3. The van der Waals surface area contributed by atoms with Gasteiger partial charge < -0.3 is 15.5 Å². The van der Waals surface area contributed by atoms with Crippen molar-refractivity contribution in [3.05, 3.63) is 28.7 Å². The quantitative estimate of drug-likeness (QED) is 0.587. The van der Waals surface area contributed by atoms with Crippen LogP contribution in [0.4, 0.5) is 5.69 Å². The van der Waals surface area contributed by atoms with Crippen molar-refractivity contribution in [3.63, 3.8) is 0 Å². The Balaban J connectivity index is 2.26. The lowest BCUT2D eigenvalue weighted by molar-refractivity contribution is -0.126. The number of hydrogen-bond donors (Lipinski definition) is 2. The smallest absolute Gasteiger partial charge is 0.233 e. The molecule has 0 heterocycles. The predicted molar refractivity (Wildman–Crippen MR) is 83.6 cm³/mol. The van der Waals surface area contributed by atoms with Crippen molar-refractivity contribution in [2.24, 2.45) is 0 Å². The van der Waals surface area contributed by atoms with Crippen LogP contribution in [0.1, 0.15) is 12.8 Å². The van der Waals surface area contributed by atoms with Gasteiger partial charge in [0.15, 0.2) is 0 Å². The van der Waals surface area contributed by atoms with Gasteiger partial charge in [0.1, 0.15) is 6.42 Å². The highest BCUT2D eigenvalue weighted by atomic mass is 79.9. The van der Waals surface area contributed by atoms with E-state index >= 15 is 0 Å². The van der Waals surface area contributed by atoms with Crippen LogP contribution in [0.15, 0.2) is 28.7 Å². The summed E-state index contributed by atoms with van der Waals surface area (Å²) in [7, 11) is 3.96. The molecule has 0 unspecified atom stereocenters. The van der Waals surface area contributed by atoms with E-state index in [9.17, 15) is 9.59 Å². The molecule has 110 valence electrons. The normalized spacial score (nSPS) is 10.4. The van der Waals surface area contributed by atoms with Crippen molar-refractivity contribution in [2.75, 3.05) is 32.5 Å². The van der Waals surface area contributed by atoms with Gasteiger partial charge in [0, 0.05) is 16.7 Å². The van der Waals surface area contributed by atoms with Gasteiger partial charge in [-0.15, -0.1) is 0 Å². The van der Waals surface area contributed by atoms with Crippen LogP contribution >= 0.6 is 15.9 Å². The van der Waals surface area contributed by atoms with E-state index in [1.165, 1.54) is 0 Å². The van der Waals surface area contributed by atoms with Crippen LogP contribution < -0.4 is 10.6 Å². The summed E-state index contributed by atoms with van der Waals surface area (Å²) in [5.41, 5.74) is 0.671. The van der Waals surface area contributed by atoms with E-state index in [4.69, 9.17) is 0 Å². The average Bonchev–Trinajstić information content (AvgIpc) is 2.34. The molecular formula is C14H20BrN3O2. The minimum absolute atomic E-state index is 0.158. The van der Waals surface area contributed by atoms with E-state index in [1.54, 1.807) is 12.1 Å². The standard InChI is InChI=1S/C14H20BrN3O2/c1-18(2)8-4-7-16-13(19)10-14(20)17-12-6-3-5-11(15)9-12/h3,5-6,9H,4,7-8,10H2,1-2H3,(H,16,19)(H,17,20). The maximum Gasteiger partial charge on any atom is 0.233 e. The van der Waals surface area contributed by atoms with Gasteiger partial charge in [-0.1, -0.05) is 22.0 Å². The van der Waals surface area contributed by atoms with Crippen molar-refractivity contribution in [1.82, 2.24) is 10.2 Å². The second-order valence-corrected chi connectivity index (χ2v) is 5.66. The first-order chi connectivity index (χ1) is 9.47. The molecule has 6 heteroatoms. The lowest BCUT2D eigenvalue weighted by Crippen LogP contribution is -2.30. The molecule has 1 aromatic carbocycles. The minimum Gasteiger partial charge on any atom is -0.356 e. The van der Waals surface area contributed by atoms with Crippen LogP contribution in [0.3, 0.4) is 0 Å². The van der Waals surface area contributed by atoms with E-state index in [-0.39, 0.29) is 18.2 Å². The van der Waals surface area contributed by atoms with Crippen LogP contribution in [-0.4, -0.2) is 43.9 Å². The van der Waals surface area contributed by atoms with E-state index in [0.29, 0.717) is 12.2 Å². The van der Waals surface area contributed by atoms with Gasteiger partial charge in [0.25, 0.3) is 0 Å². The van der Waals surface area contributed by atoms with Gasteiger partial charge in [0.05, 0.1) is 0 Å². The van der Waals surface area contributed by atoms with Gasteiger partial charge in [-0.2, -0.15) is 0 Å². The van der Waals surface area contributed by atoms with Crippen molar-refractivity contribution < 1.29 is 9.59 Å². The second kappa shape index (κ2) is 8.71. The van der Waals surface area contributed by atoms with Crippen molar-refractivity contribution >= 4 is 33.4 Å². The summed E-state index contributed by atoms with van der Waals surface area (Å²) in [5, 5.41) is 5.41. The summed E-state index contributed by atoms with van der Waals surface area (Å²) in [6.07, 6.45) is 0.709. The van der Waals surface area contributed by atoms with E-state index in [2.05, 4.69) is 26.6 Å². The molecule has 0 radical (unpaired) electrons. The number of rotatable bonds is 7. The van der Waals surface area contributed by atoms with Gasteiger partial charge in [-0.3, -0.25) is 9.59 Å². The summed E-state index contributed by atoms with van der Waals surface area (Å²) in [6, 6.07) is 7.25. The Morgan fingerprint density at radius 3 is 2.65 bits per heavy atom. The summed E-state index contributed by atoms with van der Waals surface area (Å²) < 4.78 is 0.878. The molecule has 0 fully saturated rings. The molecule has 1 rings (SSSR count). The number of hydrogen-bond acceptors (Lipinski definition) is 3. The summed E-state index contributed by atoms with van der Waals surface area (Å²) in [5.74, 6) is -0.565. The molecule has 2 amide bonds. The first-order valence-electron chi connectivity index (χ1n) is 6.44. The number of carbonyl (C=O) groups excluding carboxylic acids is 2. The highest BCUT2D eigenvalue weighted by Crippen LogP contribution is 2.15. The third kappa shape index (κ3) is 7.25. The van der Waals surface area contributed by atoms with Crippen LogP contribution in [0.25, 0.3) is 0 Å². The van der Waals surface area contributed by atoms with Crippen LogP contribution in [0.2, 0.25) is 0 Å². The fraction of sp³-hybridized carbons (Fsp3) is 0.429. The van der Waals surface area contributed by atoms with Gasteiger partial charge in [-0.25, -0.2) is 0 Å². The molecule has 1 aromatic rings. The number of benzene rings is 1. The Kier molecular flexibility index (Phi) is 7.25. The van der Waals surface area contributed by atoms with Crippen molar-refractivity contribution in [1.29, 1.82) is 0 Å². The first kappa shape index (κ1) is 16.7. The van der Waals surface area contributed by atoms with Crippen LogP contribution in [0, 0.1) is 0 Å². The molecule has 0 saturated heterocycles. The molecule has 0 aliphatic heterocycles. The summed E-state index contributed by atoms with van der Waals surface area (Å²) >= 11 is 3.32. The highest BCUT2D eigenvalue weighted by molar-refractivity contribution is 9.10. The minimum atomic E-state index is -0.312. The largest absolute Gasteiger partial charge is 0.356 e. The Bertz CT molecular complexity index is 463. The van der Waals surface area contributed by atoms with Gasteiger partial charge in [0.2, 0.25) is 11.8 Å². The number of amides is 2. The molecule has 0 saturated carbocycles. The molecule has 0 aliphatic carbocycles. The maximum absolute atomic E-state index is 11.7. The Labute approximate surface area is 127 Å². The van der Waals surface area contributed by atoms with Crippen LogP contribution in [0.5, 0.6) is 0 Å². The highest BCUT2D eigenvalue weighted by Gasteiger charge is 2.09. The van der Waals surface area contributed by atoms with E-state index < -0.39 is 0 Å².